The monoisotopic (exact) mass is 452 g/mol. The van der Waals surface area contributed by atoms with E-state index in [1.807, 2.05) is 40.3 Å². The van der Waals surface area contributed by atoms with Crippen molar-refractivity contribution in [3.8, 4) is 0 Å². The van der Waals surface area contributed by atoms with Crippen molar-refractivity contribution in [2.45, 2.75) is 25.5 Å². The Morgan fingerprint density at radius 1 is 1.42 bits per heavy atom. The van der Waals surface area contributed by atoms with E-state index in [1.54, 1.807) is 11.3 Å². The number of thiophene rings is 1. The Balaban J connectivity index is 1.64. The van der Waals surface area contributed by atoms with Crippen molar-refractivity contribution in [2.75, 3.05) is 13.2 Å². The fraction of sp³-hybridized carbons (Fsp3) is 0.316. The van der Waals surface area contributed by atoms with Crippen molar-refractivity contribution < 1.29 is 9.53 Å². The van der Waals surface area contributed by atoms with E-state index in [-0.39, 0.29) is 12.0 Å². The molecule has 1 atom stereocenters. The van der Waals surface area contributed by atoms with Crippen molar-refractivity contribution >= 4 is 55.0 Å². The molecule has 3 heterocycles. The second-order valence-corrected chi connectivity index (χ2v) is 8.59. The van der Waals surface area contributed by atoms with Gasteiger partial charge in [-0.1, -0.05) is 23.7 Å². The Hall–Kier alpha value is -1.34. The van der Waals surface area contributed by atoms with Crippen LogP contribution in [0.3, 0.4) is 0 Å². The van der Waals surface area contributed by atoms with Crippen LogP contribution in [0.4, 0.5) is 0 Å². The number of nitrogens with zero attached hydrogens (tertiary/aromatic N) is 1. The van der Waals surface area contributed by atoms with Crippen LogP contribution in [0, 0.1) is 0 Å². The molecule has 1 aromatic carbocycles. The van der Waals surface area contributed by atoms with Gasteiger partial charge in [0.1, 0.15) is 5.69 Å². The molecule has 136 valence electrons. The van der Waals surface area contributed by atoms with Crippen molar-refractivity contribution in [3.63, 3.8) is 0 Å². The van der Waals surface area contributed by atoms with Crippen molar-refractivity contribution in [1.82, 2.24) is 9.88 Å². The minimum absolute atomic E-state index is 0.0715. The summed E-state index contributed by atoms with van der Waals surface area (Å²) < 4.78 is 9.73. The van der Waals surface area contributed by atoms with Crippen LogP contribution in [0.15, 0.2) is 40.2 Å². The zero-order valence-corrected chi connectivity index (χ0v) is 17.2. The van der Waals surface area contributed by atoms with Crippen molar-refractivity contribution in [3.05, 3.63) is 56.5 Å². The van der Waals surface area contributed by atoms with Gasteiger partial charge in [0.05, 0.1) is 20.8 Å². The molecule has 26 heavy (non-hydrogen) atoms. The summed E-state index contributed by atoms with van der Waals surface area (Å²) >= 11 is 11.4. The summed E-state index contributed by atoms with van der Waals surface area (Å²) in [5, 5.41) is 5.77. The average molecular weight is 454 g/mol. The maximum atomic E-state index is 12.8. The standard InChI is InChI=1S/C19H18BrClN2O2S/c20-15-11-26-17-8-16(19(24)22-9-14-5-2-6-25-14)23(18(15)17)10-12-3-1-4-13(21)7-12/h1,3-4,7-8,11,14H,2,5-6,9-10H2,(H,22,24). The smallest absolute Gasteiger partial charge is 0.268 e. The number of nitrogens with one attached hydrogen (secondary N) is 1. The molecule has 0 aliphatic carbocycles. The molecule has 1 unspecified atom stereocenters. The van der Waals surface area contributed by atoms with Gasteiger partial charge in [-0.2, -0.15) is 0 Å². The zero-order chi connectivity index (χ0) is 18.1. The Kier molecular flexibility index (Phi) is 5.36. The fourth-order valence-electron chi connectivity index (χ4n) is 3.30. The number of hydrogen-bond donors (Lipinski definition) is 1. The lowest BCUT2D eigenvalue weighted by Gasteiger charge is -2.14. The number of benzene rings is 1. The summed E-state index contributed by atoms with van der Waals surface area (Å²) in [6, 6.07) is 9.69. The average Bonchev–Trinajstić information content (AvgIpc) is 3.33. The number of aromatic nitrogens is 1. The van der Waals surface area contributed by atoms with Gasteiger partial charge in [0.2, 0.25) is 0 Å². The zero-order valence-electron chi connectivity index (χ0n) is 14.0. The summed E-state index contributed by atoms with van der Waals surface area (Å²) in [6.45, 7) is 1.92. The molecular weight excluding hydrogens is 436 g/mol. The number of ether oxygens (including phenoxy) is 1. The normalized spacial score (nSPS) is 17.1. The number of rotatable bonds is 5. The minimum atomic E-state index is -0.0715. The first-order valence-corrected chi connectivity index (χ1v) is 10.6. The predicted molar refractivity (Wildman–Crippen MR) is 109 cm³/mol. The van der Waals surface area contributed by atoms with Gasteiger partial charge >= 0.3 is 0 Å². The molecule has 0 saturated carbocycles. The quantitative estimate of drug-likeness (QED) is 0.586. The minimum Gasteiger partial charge on any atom is -0.376 e. The third-order valence-corrected chi connectivity index (χ3v) is 6.62. The summed E-state index contributed by atoms with van der Waals surface area (Å²) in [7, 11) is 0. The van der Waals surface area contributed by atoms with E-state index in [4.69, 9.17) is 16.3 Å². The summed E-state index contributed by atoms with van der Waals surface area (Å²) in [5.41, 5.74) is 2.75. The van der Waals surface area contributed by atoms with E-state index in [0.29, 0.717) is 23.8 Å². The van der Waals surface area contributed by atoms with Crippen LogP contribution in [-0.4, -0.2) is 29.7 Å². The van der Waals surface area contributed by atoms with E-state index < -0.39 is 0 Å². The van der Waals surface area contributed by atoms with Gasteiger partial charge in [-0.05, 0) is 52.5 Å². The highest BCUT2D eigenvalue weighted by Gasteiger charge is 2.21. The second kappa shape index (κ2) is 7.72. The van der Waals surface area contributed by atoms with Crippen molar-refractivity contribution in [1.29, 1.82) is 0 Å². The van der Waals surface area contributed by atoms with E-state index in [2.05, 4.69) is 21.2 Å². The lowest BCUT2D eigenvalue weighted by molar-refractivity contribution is 0.0851. The van der Waals surface area contributed by atoms with E-state index in [0.717, 1.165) is 39.7 Å². The van der Waals surface area contributed by atoms with Gasteiger partial charge in [-0.15, -0.1) is 11.3 Å². The molecule has 1 amide bonds. The molecule has 0 radical (unpaired) electrons. The highest BCUT2D eigenvalue weighted by molar-refractivity contribution is 9.10. The second-order valence-electron chi connectivity index (χ2n) is 6.39. The maximum absolute atomic E-state index is 12.8. The molecule has 1 saturated heterocycles. The molecule has 1 aliphatic heterocycles. The molecular formula is C19H18BrClN2O2S. The lowest BCUT2D eigenvalue weighted by atomic mass is 10.2. The van der Waals surface area contributed by atoms with Crippen molar-refractivity contribution in [2.24, 2.45) is 0 Å². The predicted octanol–water partition coefficient (Wildman–Crippen LogP) is 5.08. The number of fused-ring (bicyclic) bond motifs is 1. The van der Waals surface area contributed by atoms with Crippen LogP contribution < -0.4 is 5.32 Å². The summed E-state index contributed by atoms with van der Waals surface area (Å²) in [5.74, 6) is -0.0715. The van der Waals surface area contributed by atoms with Crippen LogP contribution in [0.2, 0.25) is 5.02 Å². The van der Waals surface area contributed by atoms with Gasteiger partial charge in [0, 0.05) is 30.1 Å². The van der Waals surface area contributed by atoms with Gasteiger partial charge < -0.3 is 14.6 Å². The molecule has 0 bridgehead atoms. The lowest BCUT2D eigenvalue weighted by Crippen LogP contribution is -2.33. The Labute approximate surface area is 169 Å². The third kappa shape index (κ3) is 3.69. The molecule has 4 nitrogen and oxygen atoms in total. The van der Waals surface area contributed by atoms with Crippen LogP contribution in [-0.2, 0) is 11.3 Å². The first-order chi connectivity index (χ1) is 12.6. The number of carbonyl (C=O) groups excluding carboxylic acids is 1. The SMILES string of the molecule is O=C(NCC1CCCO1)c1cc2scc(Br)c2n1Cc1cccc(Cl)c1. The van der Waals surface area contributed by atoms with Crippen LogP contribution >= 0.6 is 38.9 Å². The Bertz CT molecular complexity index is 946. The molecule has 4 rings (SSSR count). The number of hydrogen-bond acceptors (Lipinski definition) is 3. The first-order valence-electron chi connectivity index (χ1n) is 8.52. The largest absolute Gasteiger partial charge is 0.376 e. The summed E-state index contributed by atoms with van der Waals surface area (Å²) in [4.78, 5) is 12.8. The van der Waals surface area contributed by atoms with E-state index in [1.165, 1.54) is 0 Å². The van der Waals surface area contributed by atoms with Gasteiger partial charge in [0.25, 0.3) is 5.91 Å². The summed E-state index contributed by atoms with van der Waals surface area (Å²) in [6.07, 6.45) is 2.20. The Morgan fingerprint density at radius 3 is 3.08 bits per heavy atom. The van der Waals surface area contributed by atoms with E-state index in [9.17, 15) is 4.79 Å². The van der Waals surface area contributed by atoms with Crippen LogP contribution in [0.25, 0.3) is 10.2 Å². The molecule has 1 aliphatic rings. The fourth-order valence-corrected chi connectivity index (χ4v) is 5.21. The molecule has 3 aromatic rings. The van der Waals surface area contributed by atoms with Gasteiger partial charge in [-0.25, -0.2) is 0 Å². The number of halogens is 2. The topological polar surface area (TPSA) is 43.3 Å². The van der Waals surface area contributed by atoms with Gasteiger partial charge in [-0.3, -0.25) is 4.79 Å². The highest BCUT2D eigenvalue weighted by Crippen LogP contribution is 2.34. The molecule has 0 spiro atoms. The molecule has 2 aromatic heterocycles. The van der Waals surface area contributed by atoms with Crippen LogP contribution in [0.1, 0.15) is 28.9 Å². The number of carbonyl (C=O) groups is 1. The third-order valence-electron chi connectivity index (χ3n) is 4.55. The molecule has 7 heteroatoms. The highest BCUT2D eigenvalue weighted by atomic mass is 79.9. The first kappa shape index (κ1) is 18.0. The molecule has 1 fully saturated rings. The Morgan fingerprint density at radius 2 is 2.31 bits per heavy atom. The maximum Gasteiger partial charge on any atom is 0.268 e. The van der Waals surface area contributed by atoms with Crippen LogP contribution in [0.5, 0.6) is 0 Å². The van der Waals surface area contributed by atoms with Gasteiger partial charge in [0.15, 0.2) is 0 Å². The van der Waals surface area contributed by atoms with E-state index >= 15 is 0 Å². The molecule has 1 N–H and O–H groups in total. The number of amides is 1.